The highest BCUT2D eigenvalue weighted by Gasteiger charge is 2.03. The number of hydrogen-bond acceptors (Lipinski definition) is 3. The second-order valence-corrected chi connectivity index (χ2v) is 3.68. The lowest BCUT2D eigenvalue weighted by molar-refractivity contribution is 0.737. The van der Waals surface area contributed by atoms with Gasteiger partial charge in [-0.1, -0.05) is 30.3 Å². The Labute approximate surface area is 95.1 Å². The summed E-state index contributed by atoms with van der Waals surface area (Å²) in [6.45, 7) is 0.461. The van der Waals surface area contributed by atoms with E-state index in [0.29, 0.717) is 6.54 Å². The van der Waals surface area contributed by atoms with Crippen LogP contribution in [0.4, 0.5) is 0 Å². The third kappa shape index (κ3) is 2.27. The molecule has 0 spiro atoms. The number of nitrogens with two attached hydrogens (primary N) is 2. The zero-order valence-corrected chi connectivity index (χ0v) is 9.01. The van der Waals surface area contributed by atoms with Crippen molar-refractivity contribution in [3.05, 3.63) is 54.2 Å². The Morgan fingerprint density at radius 3 is 2.38 bits per heavy atom. The van der Waals surface area contributed by atoms with E-state index in [-0.39, 0.29) is 6.04 Å². The molecule has 0 aliphatic heterocycles. The van der Waals surface area contributed by atoms with Crippen molar-refractivity contribution in [1.82, 2.24) is 4.98 Å². The van der Waals surface area contributed by atoms with Gasteiger partial charge in [0.1, 0.15) is 0 Å². The molecule has 2 rings (SSSR count). The quantitative estimate of drug-likeness (QED) is 0.815. The smallest absolute Gasteiger partial charge is 0.0701 e. The predicted octanol–water partition coefficient (Wildman–Crippen LogP) is 1.71. The van der Waals surface area contributed by atoms with E-state index in [4.69, 9.17) is 11.5 Å². The first-order chi connectivity index (χ1) is 7.81. The molecule has 1 aromatic carbocycles. The fourth-order valence-corrected chi connectivity index (χ4v) is 1.57. The van der Waals surface area contributed by atoms with Gasteiger partial charge in [-0.3, -0.25) is 4.98 Å². The number of rotatable bonds is 3. The molecule has 1 atom stereocenters. The van der Waals surface area contributed by atoms with Crippen molar-refractivity contribution in [2.45, 2.75) is 6.04 Å². The molecule has 3 heteroatoms. The molecule has 0 unspecified atom stereocenters. The highest BCUT2D eigenvalue weighted by Crippen LogP contribution is 2.18. The molecule has 1 heterocycles. The molecular formula is C13H15N3. The van der Waals surface area contributed by atoms with Crippen LogP contribution >= 0.6 is 0 Å². The van der Waals surface area contributed by atoms with E-state index in [2.05, 4.69) is 4.98 Å². The normalized spacial score (nSPS) is 12.4. The first kappa shape index (κ1) is 10.8. The van der Waals surface area contributed by atoms with Crippen molar-refractivity contribution in [2.75, 3.05) is 6.54 Å². The van der Waals surface area contributed by atoms with Crippen LogP contribution in [-0.2, 0) is 0 Å². The van der Waals surface area contributed by atoms with Crippen molar-refractivity contribution >= 4 is 0 Å². The molecule has 0 bridgehead atoms. The zero-order valence-electron chi connectivity index (χ0n) is 9.01. The number of hydrogen-bond donors (Lipinski definition) is 2. The van der Waals surface area contributed by atoms with Gasteiger partial charge in [-0.15, -0.1) is 0 Å². The van der Waals surface area contributed by atoms with Gasteiger partial charge >= 0.3 is 0 Å². The Kier molecular flexibility index (Phi) is 3.29. The van der Waals surface area contributed by atoms with E-state index in [9.17, 15) is 0 Å². The van der Waals surface area contributed by atoms with E-state index < -0.39 is 0 Å². The summed E-state index contributed by atoms with van der Waals surface area (Å²) in [5.74, 6) is 0. The molecule has 0 aliphatic carbocycles. The second-order valence-electron chi connectivity index (χ2n) is 3.68. The van der Waals surface area contributed by atoms with Gasteiger partial charge in [0.05, 0.1) is 5.69 Å². The molecule has 0 aliphatic rings. The average molecular weight is 213 g/mol. The summed E-state index contributed by atoms with van der Waals surface area (Å²) < 4.78 is 0. The molecule has 3 nitrogen and oxygen atoms in total. The second kappa shape index (κ2) is 4.88. The standard InChI is InChI=1S/C13H15N3/c14-9-12(15)10-4-6-11(7-5-10)13-3-1-2-8-16-13/h1-8,12H,9,14-15H2/t12-/m0/s1. The number of nitrogens with zero attached hydrogens (tertiary/aromatic N) is 1. The van der Waals surface area contributed by atoms with Gasteiger partial charge in [-0.2, -0.15) is 0 Å². The topological polar surface area (TPSA) is 64.9 Å². The van der Waals surface area contributed by atoms with Crippen molar-refractivity contribution in [1.29, 1.82) is 0 Å². The van der Waals surface area contributed by atoms with Crippen LogP contribution in [0.2, 0.25) is 0 Å². The molecule has 0 saturated carbocycles. The maximum atomic E-state index is 5.84. The van der Waals surface area contributed by atoms with Gasteiger partial charge in [-0.25, -0.2) is 0 Å². The lowest BCUT2D eigenvalue weighted by Crippen LogP contribution is -2.20. The third-order valence-corrected chi connectivity index (χ3v) is 2.55. The van der Waals surface area contributed by atoms with Gasteiger partial charge in [0.15, 0.2) is 0 Å². The van der Waals surface area contributed by atoms with Crippen molar-refractivity contribution in [2.24, 2.45) is 11.5 Å². The Balaban J connectivity index is 2.26. The highest BCUT2D eigenvalue weighted by molar-refractivity contribution is 5.59. The van der Waals surface area contributed by atoms with Gasteiger partial charge in [0.25, 0.3) is 0 Å². The van der Waals surface area contributed by atoms with Gasteiger partial charge in [0.2, 0.25) is 0 Å². The summed E-state index contributed by atoms with van der Waals surface area (Å²) in [5, 5.41) is 0. The molecule has 0 radical (unpaired) electrons. The SMILES string of the molecule is NC[C@H](N)c1ccc(-c2ccccn2)cc1. The lowest BCUT2D eigenvalue weighted by atomic mass is 10.0. The molecule has 0 saturated heterocycles. The molecule has 2 aromatic rings. The Bertz CT molecular complexity index is 436. The van der Waals surface area contributed by atoms with Crippen LogP contribution in [0.25, 0.3) is 11.3 Å². The van der Waals surface area contributed by atoms with Gasteiger partial charge < -0.3 is 11.5 Å². The molecule has 0 fully saturated rings. The first-order valence-electron chi connectivity index (χ1n) is 5.28. The fourth-order valence-electron chi connectivity index (χ4n) is 1.57. The van der Waals surface area contributed by atoms with E-state index in [1.807, 2.05) is 42.5 Å². The van der Waals surface area contributed by atoms with E-state index >= 15 is 0 Å². The molecule has 4 N–H and O–H groups in total. The monoisotopic (exact) mass is 213 g/mol. The van der Waals surface area contributed by atoms with Crippen LogP contribution in [-0.4, -0.2) is 11.5 Å². The summed E-state index contributed by atoms with van der Waals surface area (Å²) in [7, 11) is 0. The maximum Gasteiger partial charge on any atom is 0.0701 e. The molecule has 1 aromatic heterocycles. The summed E-state index contributed by atoms with van der Waals surface area (Å²) in [4.78, 5) is 4.29. The van der Waals surface area contributed by atoms with E-state index in [0.717, 1.165) is 16.8 Å². The number of aromatic nitrogens is 1. The maximum absolute atomic E-state index is 5.84. The summed E-state index contributed by atoms with van der Waals surface area (Å²) >= 11 is 0. The van der Waals surface area contributed by atoms with E-state index in [1.165, 1.54) is 0 Å². The van der Waals surface area contributed by atoms with Crippen molar-refractivity contribution in [3.8, 4) is 11.3 Å². The van der Waals surface area contributed by atoms with Crippen molar-refractivity contribution in [3.63, 3.8) is 0 Å². The van der Waals surface area contributed by atoms with Crippen LogP contribution in [0.1, 0.15) is 11.6 Å². The van der Waals surface area contributed by atoms with Gasteiger partial charge in [0, 0.05) is 24.3 Å². The number of benzene rings is 1. The van der Waals surface area contributed by atoms with Crippen LogP contribution < -0.4 is 11.5 Å². The molecular weight excluding hydrogens is 198 g/mol. The first-order valence-corrected chi connectivity index (χ1v) is 5.28. The fraction of sp³-hybridized carbons (Fsp3) is 0.154. The summed E-state index contributed by atoms with van der Waals surface area (Å²) in [6.07, 6.45) is 1.79. The Hall–Kier alpha value is -1.71. The van der Waals surface area contributed by atoms with Crippen LogP contribution in [0.15, 0.2) is 48.7 Å². The van der Waals surface area contributed by atoms with Crippen LogP contribution in [0, 0.1) is 0 Å². The lowest BCUT2D eigenvalue weighted by Gasteiger charge is -2.09. The Morgan fingerprint density at radius 1 is 1.06 bits per heavy atom. The summed E-state index contributed by atoms with van der Waals surface area (Å²) in [6, 6.07) is 13.8. The minimum absolute atomic E-state index is 0.0854. The number of pyridine rings is 1. The van der Waals surface area contributed by atoms with Crippen molar-refractivity contribution < 1.29 is 0 Å². The molecule has 16 heavy (non-hydrogen) atoms. The largest absolute Gasteiger partial charge is 0.329 e. The minimum Gasteiger partial charge on any atom is -0.329 e. The highest BCUT2D eigenvalue weighted by atomic mass is 14.7. The van der Waals surface area contributed by atoms with Crippen LogP contribution in [0.5, 0.6) is 0 Å². The summed E-state index contributed by atoms with van der Waals surface area (Å²) in [5.41, 5.74) is 14.5. The third-order valence-electron chi connectivity index (χ3n) is 2.55. The van der Waals surface area contributed by atoms with E-state index in [1.54, 1.807) is 6.20 Å². The van der Waals surface area contributed by atoms with Gasteiger partial charge in [-0.05, 0) is 17.7 Å². The minimum atomic E-state index is -0.0854. The molecule has 82 valence electrons. The molecule has 0 amide bonds. The zero-order chi connectivity index (χ0) is 11.4. The average Bonchev–Trinajstić information content (AvgIpc) is 2.39. The Morgan fingerprint density at radius 2 is 1.81 bits per heavy atom. The van der Waals surface area contributed by atoms with Crippen LogP contribution in [0.3, 0.4) is 0 Å². The predicted molar refractivity (Wildman–Crippen MR) is 65.7 cm³/mol.